The van der Waals surface area contributed by atoms with Crippen molar-refractivity contribution in [2.45, 2.75) is 38.8 Å². The topological polar surface area (TPSA) is 72.1 Å². The molecule has 6 nitrogen and oxygen atoms in total. The lowest BCUT2D eigenvalue weighted by Gasteiger charge is -2.22. The minimum absolute atomic E-state index is 0.402. The number of ether oxygens (including phenoxy) is 1. The van der Waals surface area contributed by atoms with E-state index < -0.39 is 24.0 Å². The maximum Gasteiger partial charge on any atom is 0.331 e. The first-order chi connectivity index (χ1) is 13.5. The minimum atomic E-state index is -0.972. The number of carbonyl (C=O) groups excluding carboxylic acids is 2. The quantitative estimate of drug-likeness (QED) is 0.528. The Hall–Kier alpha value is -2.86. The van der Waals surface area contributed by atoms with Crippen LogP contribution in [0.5, 0.6) is 0 Å². The Morgan fingerprint density at radius 1 is 1.36 bits per heavy atom. The van der Waals surface area contributed by atoms with Crippen LogP contribution in [0.4, 0.5) is 0 Å². The van der Waals surface area contributed by atoms with Crippen LogP contribution in [-0.4, -0.2) is 28.7 Å². The molecule has 1 aliphatic rings. The van der Waals surface area contributed by atoms with E-state index in [2.05, 4.69) is 5.10 Å². The van der Waals surface area contributed by atoms with Gasteiger partial charge in [-0.25, -0.2) is 9.80 Å². The van der Waals surface area contributed by atoms with Crippen LogP contribution in [0.15, 0.2) is 64.3 Å². The van der Waals surface area contributed by atoms with Crippen LogP contribution in [0, 0.1) is 0 Å². The zero-order valence-electron chi connectivity index (χ0n) is 15.7. The van der Waals surface area contributed by atoms with E-state index in [-0.39, 0.29) is 0 Å². The van der Waals surface area contributed by atoms with Crippen molar-refractivity contribution in [3.05, 3.63) is 71.2 Å². The van der Waals surface area contributed by atoms with E-state index in [1.165, 1.54) is 18.0 Å². The zero-order chi connectivity index (χ0) is 20.1. The van der Waals surface area contributed by atoms with Gasteiger partial charge >= 0.3 is 5.97 Å². The number of benzene rings is 1. The number of esters is 1. The van der Waals surface area contributed by atoms with E-state index in [1.54, 1.807) is 36.6 Å². The van der Waals surface area contributed by atoms with E-state index in [1.807, 2.05) is 19.1 Å². The fourth-order valence-corrected chi connectivity index (χ4v) is 3.02. The number of amides is 1. The van der Waals surface area contributed by atoms with Crippen molar-refractivity contribution in [1.29, 1.82) is 0 Å². The summed E-state index contributed by atoms with van der Waals surface area (Å²) in [6.07, 6.45) is 4.77. The third-order valence-electron chi connectivity index (χ3n) is 4.32. The number of hydrogen-bond donors (Lipinski definition) is 0. The normalized spacial score (nSPS) is 17.6. The number of halogens is 1. The van der Waals surface area contributed by atoms with Crippen molar-refractivity contribution in [3.8, 4) is 0 Å². The maximum atomic E-state index is 12.9. The smallest absolute Gasteiger partial charge is 0.331 e. The third-order valence-corrected chi connectivity index (χ3v) is 4.57. The molecule has 0 unspecified atom stereocenters. The molecule has 0 bridgehead atoms. The van der Waals surface area contributed by atoms with Crippen LogP contribution >= 0.6 is 11.6 Å². The van der Waals surface area contributed by atoms with E-state index in [0.29, 0.717) is 23.6 Å². The van der Waals surface area contributed by atoms with Crippen LogP contribution in [-0.2, 0) is 14.3 Å². The fourth-order valence-electron chi connectivity index (χ4n) is 2.90. The molecule has 1 amide bonds. The molecule has 146 valence electrons. The Labute approximate surface area is 168 Å². The van der Waals surface area contributed by atoms with Gasteiger partial charge in [0.1, 0.15) is 11.8 Å². The molecular formula is C21H21ClN2O4. The van der Waals surface area contributed by atoms with E-state index in [9.17, 15) is 9.59 Å². The summed E-state index contributed by atoms with van der Waals surface area (Å²) in [5.41, 5.74) is 1.60. The van der Waals surface area contributed by atoms with Crippen molar-refractivity contribution < 1.29 is 18.7 Å². The molecule has 0 saturated carbocycles. The third kappa shape index (κ3) is 4.51. The monoisotopic (exact) mass is 400 g/mol. The van der Waals surface area contributed by atoms with E-state index >= 15 is 0 Å². The highest BCUT2D eigenvalue weighted by molar-refractivity contribution is 6.30. The molecule has 0 N–H and O–H groups in total. The van der Waals surface area contributed by atoms with Crippen LogP contribution in [0.3, 0.4) is 0 Å². The zero-order valence-corrected chi connectivity index (χ0v) is 16.4. The van der Waals surface area contributed by atoms with Gasteiger partial charge in [-0.2, -0.15) is 5.10 Å². The Bertz CT molecular complexity index is 888. The summed E-state index contributed by atoms with van der Waals surface area (Å²) >= 11 is 5.96. The molecule has 28 heavy (non-hydrogen) atoms. The molecule has 3 rings (SSSR count). The average Bonchev–Trinajstić information content (AvgIpc) is 3.35. The first-order valence-electron chi connectivity index (χ1n) is 9.06. The molecule has 2 atom stereocenters. The molecule has 0 saturated heterocycles. The summed E-state index contributed by atoms with van der Waals surface area (Å²) in [6.45, 7) is 3.44. The van der Waals surface area contributed by atoms with Gasteiger partial charge in [0.15, 0.2) is 6.10 Å². The van der Waals surface area contributed by atoms with Gasteiger partial charge in [0.25, 0.3) is 5.91 Å². The number of rotatable bonds is 6. The molecule has 1 aliphatic heterocycles. The molecular weight excluding hydrogens is 380 g/mol. The maximum absolute atomic E-state index is 12.9. The number of furan rings is 1. The summed E-state index contributed by atoms with van der Waals surface area (Å²) in [7, 11) is 0. The molecule has 0 spiro atoms. The van der Waals surface area contributed by atoms with Crippen LogP contribution in [0.2, 0.25) is 5.02 Å². The number of carbonyl (C=O) groups is 2. The summed E-state index contributed by atoms with van der Waals surface area (Å²) in [5, 5.41) is 6.47. The largest absolute Gasteiger partial charge is 0.467 e. The average molecular weight is 401 g/mol. The Kier molecular flexibility index (Phi) is 6.31. The van der Waals surface area contributed by atoms with Gasteiger partial charge < -0.3 is 9.15 Å². The summed E-state index contributed by atoms with van der Waals surface area (Å²) in [6, 6.07) is 10.4. The highest BCUT2D eigenvalue weighted by Gasteiger charge is 2.37. The molecule has 1 aromatic carbocycles. The molecule has 0 fully saturated rings. The molecule has 7 heteroatoms. The van der Waals surface area contributed by atoms with Crippen molar-refractivity contribution >= 4 is 29.2 Å². The molecule has 2 heterocycles. The lowest BCUT2D eigenvalue weighted by molar-refractivity contribution is -0.156. The van der Waals surface area contributed by atoms with Crippen molar-refractivity contribution in [1.82, 2.24) is 5.01 Å². The van der Waals surface area contributed by atoms with Gasteiger partial charge in [-0.15, -0.1) is 0 Å². The number of allylic oxidation sites excluding steroid dienone is 1. The van der Waals surface area contributed by atoms with Crippen LogP contribution in [0.25, 0.3) is 0 Å². The van der Waals surface area contributed by atoms with Gasteiger partial charge in [-0.1, -0.05) is 36.7 Å². The number of hydrogen-bond acceptors (Lipinski definition) is 5. The predicted octanol–water partition coefficient (Wildman–Crippen LogP) is 4.51. The second-order valence-corrected chi connectivity index (χ2v) is 6.80. The molecule has 2 aromatic rings. The molecule has 1 aromatic heterocycles. The van der Waals surface area contributed by atoms with Gasteiger partial charge in [-0.05, 0) is 43.2 Å². The molecule has 0 radical (unpaired) electrons. The lowest BCUT2D eigenvalue weighted by Crippen LogP contribution is -2.37. The number of nitrogens with zero attached hydrogens (tertiary/aromatic N) is 2. The van der Waals surface area contributed by atoms with Gasteiger partial charge in [-0.3, -0.25) is 4.79 Å². The Morgan fingerprint density at radius 2 is 2.11 bits per heavy atom. The van der Waals surface area contributed by atoms with Crippen molar-refractivity contribution in [2.75, 3.05) is 0 Å². The van der Waals surface area contributed by atoms with Crippen molar-refractivity contribution in [3.63, 3.8) is 0 Å². The number of hydrazone groups is 1. The summed E-state index contributed by atoms with van der Waals surface area (Å²) in [5.74, 6) is -0.354. The second kappa shape index (κ2) is 8.89. The van der Waals surface area contributed by atoms with Gasteiger partial charge in [0, 0.05) is 17.5 Å². The summed E-state index contributed by atoms with van der Waals surface area (Å²) in [4.78, 5) is 24.8. The minimum Gasteiger partial charge on any atom is -0.467 e. The first-order valence-corrected chi connectivity index (χ1v) is 9.44. The first kappa shape index (κ1) is 19.9. The SMILES string of the molecule is CC/C=C/C(=O)O[C@@H](C)C(=O)N1N=C(c2ccc(Cl)cc2)C[C@@H]1c1ccco1. The van der Waals surface area contributed by atoms with E-state index in [4.69, 9.17) is 20.8 Å². The molecule has 0 aliphatic carbocycles. The standard InChI is InChI=1S/C21H21ClN2O4/c1-3-4-7-20(25)28-14(2)21(26)24-18(19-6-5-12-27-19)13-17(23-24)15-8-10-16(22)11-9-15/h4-12,14,18H,3,13H2,1-2H3/b7-4+/t14-,18+/m0/s1. The van der Waals surface area contributed by atoms with Gasteiger partial charge in [0.05, 0.1) is 12.0 Å². The highest BCUT2D eigenvalue weighted by Crippen LogP contribution is 2.34. The Balaban J connectivity index is 1.83. The predicted molar refractivity (Wildman–Crippen MR) is 106 cm³/mol. The van der Waals surface area contributed by atoms with Crippen molar-refractivity contribution in [2.24, 2.45) is 5.10 Å². The fraction of sp³-hybridized carbons (Fsp3) is 0.286. The Morgan fingerprint density at radius 3 is 2.75 bits per heavy atom. The van der Waals surface area contributed by atoms with Gasteiger partial charge in [0.2, 0.25) is 0 Å². The van der Waals surface area contributed by atoms with E-state index in [0.717, 1.165) is 11.3 Å². The highest BCUT2D eigenvalue weighted by atomic mass is 35.5. The van der Waals surface area contributed by atoms with Crippen LogP contribution < -0.4 is 0 Å². The summed E-state index contributed by atoms with van der Waals surface area (Å²) < 4.78 is 10.7. The lowest BCUT2D eigenvalue weighted by atomic mass is 10.0. The van der Waals surface area contributed by atoms with Crippen LogP contribution in [0.1, 0.15) is 44.1 Å². The second-order valence-electron chi connectivity index (χ2n) is 6.36.